The minimum Gasteiger partial charge on any atom is -0.292 e. The predicted molar refractivity (Wildman–Crippen MR) is 163 cm³/mol. The lowest BCUT2D eigenvalue weighted by molar-refractivity contribution is 0.746. The van der Waals surface area contributed by atoms with Gasteiger partial charge >= 0.3 is 0 Å². The summed E-state index contributed by atoms with van der Waals surface area (Å²) in [6.07, 6.45) is 0. The number of hydrogen-bond donors (Lipinski definition) is 0. The molecule has 1 unspecified atom stereocenters. The summed E-state index contributed by atoms with van der Waals surface area (Å²) in [5.41, 5.74) is 14.5. The highest BCUT2D eigenvalue weighted by molar-refractivity contribution is 6.00. The summed E-state index contributed by atoms with van der Waals surface area (Å²) in [4.78, 5) is 5.25. The summed E-state index contributed by atoms with van der Waals surface area (Å²) in [7, 11) is 0. The van der Waals surface area contributed by atoms with Crippen LogP contribution in [0, 0.1) is 0 Å². The van der Waals surface area contributed by atoms with E-state index < -0.39 is 5.41 Å². The lowest BCUT2D eigenvalue weighted by Crippen LogP contribution is -2.33. The molecule has 7 aromatic rings. The highest BCUT2D eigenvalue weighted by Gasteiger charge is 2.51. The molecule has 0 radical (unpaired) electrons. The Labute approximate surface area is 232 Å². The molecule has 1 aromatic heterocycles. The van der Waals surface area contributed by atoms with E-state index in [9.17, 15) is 0 Å². The molecule has 6 aromatic carbocycles. The molecule has 9 rings (SSSR count). The second-order valence-corrected chi connectivity index (χ2v) is 10.7. The Morgan fingerprint density at radius 1 is 0.450 bits per heavy atom. The van der Waals surface area contributed by atoms with Gasteiger partial charge < -0.3 is 0 Å². The summed E-state index contributed by atoms with van der Waals surface area (Å²) in [5.74, 6) is 0.981. The maximum Gasteiger partial charge on any atom is 0.145 e. The van der Waals surface area contributed by atoms with Crippen molar-refractivity contribution in [3.8, 4) is 39.3 Å². The van der Waals surface area contributed by atoms with Gasteiger partial charge in [0, 0.05) is 5.56 Å². The first kappa shape index (κ1) is 21.7. The minimum atomic E-state index is -0.448. The molecule has 0 N–H and O–H groups in total. The van der Waals surface area contributed by atoms with Crippen molar-refractivity contribution in [3.05, 3.63) is 168 Å². The molecule has 2 heterocycles. The standard InChI is InChI=1S/C38H24N2/c1-3-13-25(14-4-1)27-18-11-21-31-35(27)28-17-7-8-19-29(28)38(31)30-20-9-10-24-34(30)40-36-32(38)22-12-23-33(36)39-37(40)26-15-5-2-6-16-26/h1-24H. The fourth-order valence-corrected chi connectivity index (χ4v) is 7.34. The molecule has 2 aliphatic rings. The Morgan fingerprint density at radius 2 is 1.05 bits per heavy atom. The van der Waals surface area contributed by atoms with E-state index in [0.717, 1.165) is 16.9 Å². The monoisotopic (exact) mass is 508 g/mol. The van der Waals surface area contributed by atoms with Crippen LogP contribution in [0.4, 0.5) is 0 Å². The van der Waals surface area contributed by atoms with Gasteiger partial charge in [0.1, 0.15) is 5.82 Å². The Hall–Kier alpha value is -5.21. The summed E-state index contributed by atoms with van der Waals surface area (Å²) in [6.45, 7) is 0. The van der Waals surface area contributed by atoms with Gasteiger partial charge in [0.05, 0.1) is 22.1 Å². The van der Waals surface area contributed by atoms with E-state index >= 15 is 0 Å². The molecule has 1 atom stereocenters. The molecule has 1 spiro atoms. The molecule has 1 aliphatic heterocycles. The van der Waals surface area contributed by atoms with Gasteiger partial charge in [-0.25, -0.2) is 4.98 Å². The summed E-state index contributed by atoms with van der Waals surface area (Å²) in [5, 5.41) is 0. The zero-order valence-corrected chi connectivity index (χ0v) is 21.8. The largest absolute Gasteiger partial charge is 0.292 e. The number of aromatic nitrogens is 2. The van der Waals surface area contributed by atoms with Crippen LogP contribution in [-0.4, -0.2) is 9.55 Å². The quantitative estimate of drug-likeness (QED) is 0.228. The summed E-state index contributed by atoms with van der Waals surface area (Å²) in [6, 6.07) is 52.8. The molecule has 1 aliphatic carbocycles. The average molecular weight is 509 g/mol. The molecule has 2 heteroatoms. The summed E-state index contributed by atoms with van der Waals surface area (Å²) >= 11 is 0. The molecule has 0 bridgehead atoms. The maximum atomic E-state index is 5.25. The number of benzene rings is 6. The third kappa shape index (κ3) is 2.60. The van der Waals surface area contributed by atoms with Crippen molar-refractivity contribution < 1.29 is 0 Å². The number of nitrogens with zero attached hydrogens (tertiary/aromatic N) is 2. The van der Waals surface area contributed by atoms with Crippen molar-refractivity contribution in [3.63, 3.8) is 0 Å². The second-order valence-electron chi connectivity index (χ2n) is 10.7. The van der Waals surface area contributed by atoms with Crippen molar-refractivity contribution >= 4 is 11.0 Å². The van der Waals surface area contributed by atoms with Crippen molar-refractivity contribution in [2.75, 3.05) is 0 Å². The number of fused-ring (bicyclic) bond motifs is 9. The predicted octanol–water partition coefficient (Wildman–Crippen LogP) is 9.04. The van der Waals surface area contributed by atoms with Crippen LogP contribution in [0.5, 0.6) is 0 Å². The van der Waals surface area contributed by atoms with Crippen LogP contribution in [0.25, 0.3) is 50.4 Å². The Morgan fingerprint density at radius 3 is 1.88 bits per heavy atom. The molecule has 0 fully saturated rings. The Kier molecular flexibility index (Phi) is 4.29. The number of para-hydroxylation sites is 2. The molecule has 40 heavy (non-hydrogen) atoms. The third-order valence-electron chi connectivity index (χ3n) is 8.82. The van der Waals surface area contributed by atoms with Crippen LogP contribution in [0.3, 0.4) is 0 Å². The molecule has 0 saturated carbocycles. The first-order valence-corrected chi connectivity index (χ1v) is 13.8. The summed E-state index contributed by atoms with van der Waals surface area (Å²) < 4.78 is 2.39. The van der Waals surface area contributed by atoms with E-state index in [1.807, 2.05) is 0 Å². The number of rotatable bonds is 2. The van der Waals surface area contributed by atoms with Crippen LogP contribution in [0.1, 0.15) is 22.3 Å². The van der Waals surface area contributed by atoms with E-state index in [2.05, 4.69) is 150 Å². The fraction of sp³-hybridized carbons (Fsp3) is 0.0263. The minimum absolute atomic E-state index is 0.448. The SMILES string of the molecule is c1ccc(-c2cccc3c2-c2ccccc2C32c3ccccc3-n3c(-c4ccccc4)nc4cccc2c43)cc1. The van der Waals surface area contributed by atoms with Crippen LogP contribution < -0.4 is 0 Å². The first-order chi connectivity index (χ1) is 19.9. The van der Waals surface area contributed by atoms with Gasteiger partial charge in [-0.2, -0.15) is 0 Å². The van der Waals surface area contributed by atoms with E-state index in [4.69, 9.17) is 4.98 Å². The normalized spacial score (nSPS) is 16.1. The fourth-order valence-electron chi connectivity index (χ4n) is 7.34. The molecule has 186 valence electrons. The third-order valence-corrected chi connectivity index (χ3v) is 8.82. The van der Waals surface area contributed by atoms with Crippen molar-refractivity contribution in [1.29, 1.82) is 0 Å². The lowest BCUT2D eigenvalue weighted by Gasteiger charge is -2.39. The zero-order chi connectivity index (χ0) is 26.3. The highest BCUT2D eigenvalue weighted by atomic mass is 15.1. The lowest BCUT2D eigenvalue weighted by atomic mass is 9.65. The van der Waals surface area contributed by atoms with Crippen LogP contribution in [0.15, 0.2) is 146 Å². The van der Waals surface area contributed by atoms with Crippen molar-refractivity contribution in [2.45, 2.75) is 5.41 Å². The van der Waals surface area contributed by atoms with Gasteiger partial charge in [-0.3, -0.25) is 4.57 Å². The van der Waals surface area contributed by atoms with E-state index in [0.29, 0.717) is 0 Å². The number of imidazole rings is 1. The molecule has 0 amide bonds. The number of hydrogen-bond acceptors (Lipinski definition) is 1. The van der Waals surface area contributed by atoms with E-state index in [1.54, 1.807) is 0 Å². The van der Waals surface area contributed by atoms with Gasteiger partial charge in [0.15, 0.2) is 0 Å². The van der Waals surface area contributed by atoms with Crippen molar-refractivity contribution in [1.82, 2.24) is 9.55 Å². The van der Waals surface area contributed by atoms with Gasteiger partial charge in [0.25, 0.3) is 0 Å². The topological polar surface area (TPSA) is 17.8 Å². The van der Waals surface area contributed by atoms with Crippen LogP contribution in [0.2, 0.25) is 0 Å². The Balaban J connectivity index is 1.48. The molecule has 0 saturated heterocycles. The van der Waals surface area contributed by atoms with Gasteiger partial charge in [0.2, 0.25) is 0 Å². The Bertz CT molecular complexity index is 2100. The van der Waals surface area contributed by atoms with E-state index in [-0.39, 0.29) is 0 Å². The zero-order valence-electron chi connectivity index (χ0n) is 21.8. The highest BCUT2D eigenvalue weighted by Crippen LogP contribution is 2.61. The first-order valence-electron chi connectivity index (χ1n) is 13.8. The van der Waals surface area contributed by atoms with E-state index in [1.165, 1.54) is 55.7 Å². The smallest absolute Gasteiger partial charge is 0.145 e. The van der Waals surface area contributed by atoms with Crippen molar-refractivity contribution in [2.24, 2.45) is 0 Å². The average Bonchev–Trinajstić information content (AvgIpc) is 3.56. The molecular formula is C38H24N2. The molecular weight excluding hydrogens is 484 g/mol. The van der Waals surface area contributed by atoms with Gasteiger partial charge in [-0.05, 0) is 56.6 Å². The second kappa shape index (κ2) is 7.91. The van der Waals surface area contributed by atoms with Crippen LogP contribution >= 0.6 is 0 Å². The maximum absolute atomic E-state index is 5.25. The van der Waals surface area contributed by atoms with Crippen LogP contribution in [-0.2, 0) is 5.41 Å². The van der Waals surface area contributed by atoms with Gasteiger partial charge in [-0.1, -0.05) is 133 Å². The molecule has 2 nitrogen and oxygen atoms in total. The van der Waals surface area contributed by atoms with Gasteiger partial charge in [-0.15, -0.1) is 0 Å².